The van der Waals surface area contributed by atoms with Crippen LogP contribution in [0.25, 0.3) is 22.6 Å². The number of amides is 1. The fraction of sp³-hybridized carbons (Fsp3) is 0.167. The second-order valence-corrected chi connectivity index (χ2v) is 7.81. The molecule has 0 aliphatic heterocycles. The lowest BCUT2D eigenvalue weighted by molar-refractivity contribution is -0.137. The highest BCUT2D eigenvalue weighted by Gasteiger charge is 2.30. The third-order valence-electron chi connectivity index (χ3n) is 5.22. The Kier molecular flexibility index (Phi) is 6.33. The first-order valence-electron chi connectivity index (χ1n) is 10.3. The van der Waals surface area contributed by atoms with Gasteiger partial charge in [-0.1, -0.05) is 18.2 Å². The summed E-state index contributed by atoms with van der Waals surface area (Å²) in [4.78, 5) is 21.7. The van der Waals surface area contributed by atoms with Gasteiger partial charge in [-0.25, -0.2) is 18.7 Å². The molecule has 180 valence electrons. The van der Waals surface area contributed by atoms with E-state index in [-0.39, 0.29) is 17.2 Å². The van der Waals surface area contributed by atoms with Gasteiger partial charge in [0.15, 0.2) is 17.5 Å². The fourth-order valence-electron chi connectivity index (χ4n) is 3.34. The van der Waals surface area contributed by atoms with E-state index in [0.717, 1.165) is 24.3 Å². The first kappa shape index (κ1) is 24.0. The number of aryl methyl sites for hydroxylation is 1. The van der Waals surface area contributed by atoms with Crippen LogP contribution in [0.15, 0.2) is 60.9 Å². The van der Waals surface area contributed by atoms with Crippen molar-refractivity contribution in [1.82, 2.24) is 25.1 Å². The summed E-state index contributed by atoms with van der Waals surface area (Å²) < 4.78 is 67.2. The van der Waals surface area contributed by atoms with E-state index in [0.29, 0.717) is 16.7 Å². The third kappa shape index (κ3) is 5.34. The van der Waals surface area contributed by atoms with Gasteiger partial charge in [0.05, 0.1) is 29.1 Å². The molecule has 0 saturated carbocycles. The lowest BCUT2D eigenvalue weighted by Crippen LogP contribution is -2.28. The predicted octanol–water partition coefficient (Wildman–Crippen LogP) is 5.33. The molecule has 4 aromatic rings. The van der Waals surface area contributed by atoms with Gasteiger partial charge in [0.2, 0.25) is 0 Å². The third-order valence-corrected chi connectivity index (χ3v) is 5.22. The van der Waals surface area contributed by atoms with Gasteiger partial charge in [0.1, 0.15) is 5.69 Å². The zero-order valence-corrected chi connectivity index (χ0v) is 18.4. The molecule has 0 aliphatic carbocycles. The van der Waals surface area contributed by atoms with Crippen molar-refractivity contribution in [3.8, 4) is 22.6 Å². The molecule has 1 amide bonds. The summed E-state index contributed by atoms with van der Waals surface area (Å²) in [6.45, 7) is 1.59. The monoisotopic (exact) mass is 487 g/mol. The van der Waals surface area contributed by atoms with Crippen molar-refractivity contribution in [2.24, 2.45) is 7.05 Å². The van der Waals surface area contributed by atoms with Crippen molar-refractivity contribution in [3.63, 3.8) is 0 Å². The maximum absolute atomic E-state index is 13.6. The van der Waals surface area contributed by atoms with Crippen molar-refractivity contribution in [1.29, 1.82) is 0 Å². The SMILES string of the molecule is C[C@H](NC(=O)c1cc(-c2ccc(C(F)(F)F)cc2)nc(-c2cnn(C)c2)n1)c1ccc(F)c(F)c1. The van der Waals surface area contributed by atoms with Gasteiger partial charge >= 0.3 is 6.18 Å². The van der Waals surface area contributed by atoms with Gasteiger partial charge in [0.25, 0.3) is 5.91 Å². The molecule has 0 spiro atoms. The van der Waals surface area contributed by atoms with Gasteiger partial charge in [-0.15, -0.1) is 0 Å². The van der Waals surface area contributed by atoms with Crippen LogP contribution in [0, 0.1) is 11.6 Å². The Labute approximate surface area is 196 Å². The number of benzene rings is 2. The molecule has 2 aromatic heterocycles. The second-order valence-electron chi connectivity index (χ2n) is 7.81. The Balaban J connectivity index is 1.70. The van der Waals surface area contributed by atoms with E-state index in [9.17, 15) is 26.7 Å². The summed E-state index contributed by atoms with van der Waals surface area (Å²) in [7, 11) is 1.68. The molecule has 0 radical (unpaired) electrons. The summed E-state index contributed by atoms with van der Waals surface area (Å²) in [6.07, 6.45) is -1.39. The first-order chi connectivity index (χ1) is 16.5. The average molecular weight is 487 g/mol. The molecule has 0 unspecified atom stereocenters. The zero-order chi connectivity index (χ0) is 25.3. The number of hydrogen-bond donors (Lipinski definition) is 1. The smallest absolute Gasteiger partial charge is 0.344 e. The van der Waals surface area contributed by atoms with Crippen molar-refractivity contribution in [2.45, 2.75) is 19.1 Å². The van der Waals surface area contributed by atoms with Crippen LogP contribution in [0.5, 0.6) is 0 Å². The van der Waals surface area contributed by atoms with E-state index >= 15 is 0 Å². The Bertz CT molecular complexity index is 1380. The fourth-order valence-corrected chi connectivity index (χ4v) is 3.34. The maximum atomic E-state index is 13.6. The van der Waals surface area contributed by atoms with Crippen LogP contribution in [0.2, 0.25) is 0 Å². The van der Waals surface area contributed by atoms with Crippen molar-refractivity contribution < 1.29 is 26.7 Å². The summed E-state index contributed by atoms with van der Waals surface area (Å²) in [5.41, 5.74) is 0.501. The number of rotatable bonds is 5. The quantitative estimate of drug-likeness (QED) is 0.386. The van der Waals surface area contributed by atoms with E-state index < -0.39 is 35.3 Å². The van der Waals surface area contributed by atoms with Gasteiger partial charge in [0, 0.05) is 18.8 Å². The highest BCUT2D eigenvalue weighted by Crippen LogP contribution is 2.31. The second kappa shape index (κ2) is 9.24. The predicted molar refractivity (Wildman–Crippen MR) is 117 cm³/mol. The van der Waals surface area contributed by atoms with E-state index in [2.05, 4.69) is 20.4 Å². The Morgan fingerprint density at radius 2 is 1.69 bits per heavy atom. The van der Waals surface area contributed by atoms with Gasteiger partial charge < -0.3 is 5.32 Å². The molecule has 1 atom stereocenters. The molecule has 0 saturated heterocycles. The lowest BCUT2D eigenvalue weighted by atomic mass is 10.1. The number of aromatic nitrogens is 4. The number of nitrogens with one attached hydrogen (secondary N) is 1. The zero-order valence-electron chi connectivity index (χ0n) is 18.4. The van der Waals surface area contributed by atoms with Crippen LogP contribution in [0.1, 0.15) is 34.6 Å². The molecular weight excluding hydrogens is 469 g/mol. The molecule has 2 heterocycles. The minimum absolute atomic E-state index is 0.0665. The van der Waals surface area contributed by atoms with Crippen LogP contribution in [0.4, 0.5) is 22.0 Å². The molecule has 0 aliphatic rings. The average Bonchev–Trinajstić information content (AvgIpc) is 3.26. The number of hydrogen-bond acceptors (Lipinski definition) is 4. The molecule has 2 aromatic carbocycles. The first-order valence-corrected chi connectivity index (χ1v) is 10.3. The number of nitrogens with zero attached hydrogens (tertiary/aromatic N) is 4. The Hall–Kier alpha value is -4.15. The van der Waals surface area contributed by atoms with Crippen molar-refractivity contribution >= 4 is 5.91 Å². The highest BCUT2D eigenvalue weighted by atomic mass is 19.4. The Morgan fingerprint density at radius 3 is 2.29 bits per heavy atom. The van der Waals surface area contributed by atoms with Crippen molar-refractivity contribution in [2.75, 3.05) is 0 Å². The largest absolute Gasteiger partial charge is 0.416 e. The van der Waals surface area contributed by atoms with Crippen LogP contribution in [-0.4, -0.2) is 25.7 Å². The molecule has 0 bridgehead atoms. The molecular formula is C24H18F5N5O. The molecule has 0 fully saturated rings. The van der Waals surface area contributed by atoms with Gasteiger partial charge in [-0.05, 0) is 42.8 Å². The van der Waals surface area contributed by atoms with Crippen LogP contribution >= 0.6 is 0 Å². The molecule has 1 N–H and O–H groups in total. The lowest BCUT2D eigenvalue weighted by Gasteiger charge is -2.15. The minimum atomic E-state index is -4.49. The summed E-state index contributed by atoms with van der Waals surface area (Å²) in [6, 6.07) is 8.29. The van der Waals surface area contributed by atoms with Gasteiger partial charge in [-0.2, -0.15) is 18.3 Å². The number of alkyl halides is 3. The number of halogens is 5. The molecule has 4 rings (SSSR count). The molecule has 11 heteroatoms. The summed E-state index contributed by atoms with van der Waals surface area (Å²) in [5, 5.41) is 6.72. The standard InChI is InChI=1S/C24H18F5N5O/c1-13(15-5-8-18(25)19(26)9-15)31-23(35)21-10-20(14-3-6-17(7-4-14)24(27,28)29)32-22(33-21)16-11-30-34(2)12-16/h3-13H,1-2H3,(H,31,35)/t13-/m0/s1. The number of carbonyl (C=O) groups is 1. The minimum Gasteiger partial charge on any atom is -0.344 e. The van der Waals surface area contributed by atoms with Crippen LogP contribution in [0.3, 0.4) is 0 Å². The summed E-state index contributed by atoms with van der Waals surface area (Å²) in [5.74, 6) is -2.55. The van der Waals surface area contributed by atoms with Crippen molar-refractivity contribution in [3.05, 3.63) is 89.4 Å². The summed E-state index contributed by atoms with van der Waals surface area (Å²) >= 11 is 0. The Morgan fingerprint density at radius 1 is 0.971 bits per heavy atom. The number of carbonyl (C=O) groups excluding carboxylic acids is 1. The van der Waals surface area contributed by atoms with Crippen LogP contribution < -0.4 is 5.32 Å². The van der Waals surface area contributed by atoms with E-state index in [4.69, 9.17) is 0 Å². The molecule has 6 nitrogen and oxygen atoms in total. The van der Waals surface area contributed by atoms with E-state index in [1.807, 2.05) is 0 Å². The molecule has 35 heavy (non-hydrogen) atoms. The highest BCUT2D eigenvalue weighted by molar-refractivity contribution is 5.94. The van der Waals surface area contributed by atoms with E-state index in [1.165, 1.54) is 35.1 Å². The van der Waals surface area contributed by atoms with E-state index in [1.54, 1.807) is 20.2 Å². The van der Waals surface area contributed by atoms with Gasteiger partial charge in [-0.3, -0.25) is 9.48 Å². The normalized spacial score (nSPS) is 12.4. The maximum Gasteiger partial charge on any atom is 0.416 e. The topological polar surface area (TPSA) is 72.7 Å². The van der Waals surface area contributed by atoms with Crippen LogP contribution in [-0.2, 0) is 13.2 Å².